The van der Waals surface area contributed by atoms with Gasteiger partial charge in [0.05, 0.1) is 13.2 Å². The van der Waals surface area contributed by atoms with Gasteiger partial charge in [-0.3, -0.25) is 9.59 Å². The number of carbonyl (C=O) groups is 2. The minimum absolute atomic E-state index is 0.0118. The Morgan fingerprint density at radius 2 is 2.22 bits per heavy atom. The van der Waals surface area contributed by atoms with Crippen LogP contribution in [0.2, 0.25) is 0 Å². The maximum absolute atomic E-state index is 12.0. The van der Waals surface area contributed by atoms with Gasteiger partial charge in [-0.1, -0.05) is 6.92 Å². The van der Waals surface area contributed by atoms with Crippen molar-refractivity contribution in [1.82, 2.24) is 4.90 Å². The highest BCUT2D eigenvalue weighted by Gasteiger charge is 2.20. The van der Waals surface area contributed by atoms with Gasteiger partial charge in [0.2, 0.25) is 5.91 Å². The lowest BCUT2D eigenvalue weighted by molar-refractivity contribution is -0.147. The smallest absolute Gasteiger partial charge is 0.325 e. The lowest BCUT2D eigenvalue weighted by Crippen LogP contribution is -2.37. The molecule has 1 fully saturated rings. The number of carbonyl (C=O) groups excluding carboxylic acids is 2. The molecule has 0 N–H and O–H groups in total. The summed E-state index contributed by atoms with van der Waals surface area (Å²) in [5.74, 6) is -0.355. The van der Waals surface area contributed by atoms with E-state index < -0.39 is 0 Å². The van der Waals surface area contributed by atoms with Crippen LogP contribution in [0.15, 0.2) is 0 Å². The molecule has 1 unspecified atom stereocenters. The number of ether oxygens (including phenoxy) is 2. The predicted molar refractivity (Wildman–Crippen MR) is 67.1 cm³/mol. The molecule has 0 radical (unpaired) electrons. The molecule has 1 rings (SSSR count). The van der Waals surface area contributed by atoms with Gasteiger partial charge in [0.15, 0.2) is 0 Å². The zero-order valence-electron chi connectivity index (χ0n) is 11.3. The molecule has 0 aromatic carbocycles. The van der Waals surface area contributed by atoms with Crippen LogP contribution in [0.5, 0.6) is 0 Å². The Balaban J connectivity index is 2.35. The Morgan fingerprint density at radius 3 is 2.78 bits per heavy atom. The number of amides is 1. The fourth-order valence-electron chi connectivity index (χ4n) is 2.10. The molecule has 0 bridgehead atoms. The predicted octanol–water partition coefficient (Wildman–Crippen LogP) is 1.36. The van der Waals surface area contributed by atoms with Gasteiger partial charge in [0, 0.05) is 19.6 Å². The Bertz CT molecular complexity index is 274. The van der Waals surface area contributed by atoms with Crippen LogP contribution in [-0.2, 0) is 19.1 Å². The Morgan fingerprint density at radius 1 is 1.44 bits per heavy atom. The quantitative estimate of drug-likeness (QED) is 0.646. The van der Waals surface area contributed by atoms with E-state index in [0.717, 1.165) is 32.3 Å². The third-order valence-corrected chi connectivity index (χ3v) is 3.10. The summed E-state index contributed by atoms with van der Waals surface area (Å²) in [4.78, 5) is 24.8. The van der Waals surface area contributed by atoms with Gasteiger partial charge in [0.25, 0.3) is 0 Å². The molecule has 0 aromatic rings. The normalized spacial score (nSPS) is 18.7. The summed E-state index contributed by atoms with van der Waals surface area (Å²) in [6.45, 7) is 3.44. The molecule has 1 atom stereocenters. The van der Waals surface area contributed by atoms with Crippen molar-refractivity contribution in [2.45, 2.75) is 45.1 Å². The highest BCUT2D eigenvalue weighted by molar-refractivity contribution is 5.82. The molecule has 1 heterocycles. The van der Waals surface area contributed by atoms with E-state index in [1.54, 1.807) is 4.90 Å². The first-order valence-electron chi connectivity index (χ1n) is 6.63. The number of methoxy groups -OCH3 is 1. The lowest BCUT2D eigenvalue weighted by Gasteiger charge is -2.21. The van der Waals surface area contributed by atoms with Gasteiger partial charge >= 0.3 is 5.97 Å². The van der Waals surface area contributed by atoms with E-state index in [1.807, 2.05) is 6.92 Å². The molecular weight excluding hydrogens is 234 g/mol. The molecule has 1 amide bonds. The minimum Gasteiger partial charge on any atom is -0.468 e. The largest absolute Gasteiger partial charge is 0.468 e. The topological polar surface area (TPSA) is 55.8 Å². The van der Waals surface area contributed by atoms with Crippen LogP contribution in [0, 0.1) is 0 Å². The molecule has 5 heteroatoms. The van der Waals surface area contributed by atoms with Crippen LogP contribution < -0.4 is 0 Å². The van der Waals surface area contributed by atoms with E-state index in [0.29, 0.717) is 13.0 Å². The van der Waals surface area contributed by atoms with Crippen LogP contribution >= 0.6 is 0 Å². The molecule has 0 aliphatic carbocycles. The summed E-state index contributed by atoms with van der Waals surface area (Å²) in [7, 11) is 1.34. The van der Waals surface area contributed by atoms with Gasteiger partial charge in [0.1, 0.15) is 6.54 Å². The fourth-order valence-corrected chi connectivity index (χ4v) is 2.10. The van der Waals surface area contributed by atoms with Crippen molar-refractivity contribution in [3.8, 4) is 0 Å². The van der Waals surface area contributed by atoms with Crippen molar-refractivity contribution in [3.05, 3.63) is 0 Å². The van der Waals surface area contributed by atoms with Gasteiger partial charge in [-0.2, -0.15) is 0 Å². The fraction of sp³-hybridized carbons (Fsp3) is 0.846. The first-order chi connectivity index (χ1) is 8.67. The van der Waals surface area contributed by atoms with E-state index >= 15 is 0 Å². The van der Waals surface area contributed by atoms with Gasteiger partial charge < -0.3 is 14.4 Å². The number of nitrogens with zero attached hydrogens (tertiary/aromatic N) is 1. The van der Waals surface area contributed by atoms with E-state index in [4.69, 9.17) is 4.74 Å². The van der Waals surface area contributed by atoms with Crippen molar-refractivity contribution in [3.63, 3.8) is 0 Å². The summed E-state index contributed by atoms with van der Waals surface area (Å²) in [6.07, 6.45) is 4.37. The van der Waals surface area contributed by atoms with Crippen LogP contribution in [0.25, 0.3) is 0 Å². The number of esters is 1. The van der Waals surface area contributed by atoms with Crippen molar-refractivity contribution in [2.75, 3.05) is 26.8 Å². The van der Waals surface area contributed by atoms with Gasteiger partial charge in [-0.15, -0.1) is 0 Å². The molecule has 1 aliphatic rings. The van der Waals surface area contributed by atoms with Crippen LogP contribution in [0.3, 0.4) is 0 Å². The molecule has 0 saturated carbocycles. The average molecular weight is 257 g/mol. The zero-order valence-corrected chi connectivity index (χ0v) is 11.3. The van der Waals surface area contributed by atoms with Gasteiger partial charge in [-0.05, 0) is 25.7 Å². The van der Waals surface area contributed by atoms with E-state index in [1.165, 1.54) is 7.11 Å². The molecule has 18 heavy (non-hydrogen) atoms. The second-order valence-electron chi connectivity index (χ2n) is 4.57. The summed E-state index contributed by atoms with van der Waals surface area (Å²) in [6, 6.07) is 0. The Labute approximate surface area is 108 Å². The molecular formula is C13H23NO4. The lowest BCUT2D eigenvalue weighted by atomic mass is 10.1. The summed E-state index contributed by atoms with van der Waals surface area (Å²) in [5.41, 5.74) is 0. The van der Waals surface area contributed by atoms with Crippen molar-refractivity contribution in [1.29, 1.82) is 0 Å². The van der Waals surface area contributed by atoms with Crippen LogP contribution in [0.4, 0.5) is 0 Å². The van der Waals surface area contributed by atoms with Gasteiger partial charge in [-0.25, -0.2) is 0 Å². The molecule has 1 aliphatic heterocycles. The second kappa shape index (κ2) is 8.08. The van der Waals surface area contributed by atoms with E-state index in [9.17, 15) is 9.59 Å². The van der Waals surface area contributed by atoms with Crippen molar-refractivity contribution >= 4 is 11.9 Å². The minimum atomic E-state index is -0.367. The molecule has 104 valence electrons. The summed E-state index contributed by atoms with van der Waals surface area (Å²) < 4.78 is 10.1. The number of rotatable bonds is 7. The third-order valence-electron chi connectivity index (χ3n) is 3.10. The molecule has 0 aromatic heterocycles. The second-order valence-corrected chi connectivity index (χ2v) is 4.57. The van der Waals surface area contributed by atoms with Crippen LogP contribution in [0.1, 0.15) is 39.0 Å². The SMILES string of the molecule is CCCN(CC(=O)OC)C(=O)CCC1CCCO1. The first-order valence-corrected chi connectivity index (χ1v) is 6.63. The maximum Gasteiger partial charge on any atom is 0.325 e. The average Bonchev–Trinajstić information content (AvgIpc) is 2.88. The first kappa shape index (κ1) is 15.0. The van der Waals surface area contributed by atoms with E-state index in [-0.39, 0.29) is 24.5 Å². The number of hydrogen-bond acceptors (Lipinski definition) is 4. The Hall–Kier alpha value is -1.10. The monoisotopic (exact) mass is 257 g/mol. The van der Waals surface area contributed by atoms with E-state index in [2.05, 4.69) is 4.74 Å². The summed E-state index contributed by atoms with van der Waals surface area (Å²) in [5, 5.41) is 0. The summed E-state index contributed by atoms with van der Waals surface area (Å²) >= 11 is 0. The highest BCUT2D eigenvalue weighted by atomic mass is 16.5. The third kappa shape index (κ3) is 5.04. The highest BCUT2D eigenvalue weighted by Crippen LogP contribution is 2.17. The molecule has 0 spiro atoms. The standard InChI is InChI=1S/C13H23NO4/c1-3-8-14(10-13(16)17-2)12(15)7-6-11-5-4-9-18-11/h11H,3-10H2,1-2H3. The van der Waals surface area contributed by atoms with Crippen molar-refractivity contribution < 1.29 is 19.1 Å². The zero-order chi connectivity index (χ0) is 13.4. The van der Waals surface area contributed by atoms with Crippen molar-refractivity contribution in [2.24, 2.45) is 0 Å². The molecule has 5 nitrogen and oxygen atoms in total. The molecule has 1 saturated heterocycles. The van der Waals surface area contributed by atoms with Crippen LogP contribution in [-0.4, -0.2) is 49.7 Å². The number of hydrogen-bond donors (Lipinski definition) is 0. The maximum atomic E-state index is 12.0. The Kier molecular flexibility index (Phi) is 6.72.